The van der Waals surface area contributed by atoms with E-state index in [4.69, 9.17) is 24.0 Å². The highest BCUT2D eigenvalue weighted by Gasteiger charge is 2.68. The van der Waals surface area contributed by atoms with Crippen molar-refractivity contribution in [1.82, 2.24) is 0 Å². The van der Waals surface area contributed by atoms with Crippen LogP contribution in [0.3, 0.4) is 0 Å². The fourth-order valence-corrected chi connectivity index (χ4v) is 5.35. The van der Waals surface area contributed by atoms with Gasteiger partial charge in [-0.25, -0.2) is 4.89 Å². The standard InChI is InChI=1S/C23H34O5/c1-21(2)15-19-12-8-11-18(13-14-25-16-17-9-6-5-7-10-17)23(19)20(24-4)26-22(21,3)27-28-23/h5-7,9-10,18-20H,8,11-16H2,1-4H3/t18-,19+,20-,22+,23-/m0/s1. The Hall–Kier alpha value is -0.980. The molecule has 28 heavy (non-hydrogen) atoms. The first-order valence-electron chi connectivity index (χ1n) is 10.6. The molecule has 1 saturated carbocycles. The van der Waals surface area contributed by atoms with Crippen molar-refractivity contribution in [2.75, 3.05) is 13.7 Å². The van der Waals surface area contributed by atoms with E-state index in [1.165, 1.54) is 12.0 Å². The number of rotatable bonds is 6. The fraction of sp³-hybridized carbons (Fsp3) is 0.739. The van der Waals surface area contributed by atoms with Crippen molar-refractivity contribution in [2.45, 2.75) is 77.2 Å². The number of fused-ring (bicyclic) bond motifs is 3. The van der Waals surface area contributed by atoms with Crippen molar-refractivity contribution in [3.63, 3.8) is 0 Å². The van der Waals surface area contributed by atoms with E-state index < -0.39 is 17.7 Å². The van der Waals surface area contributed by atoms with E-state index in [1.807, 2.05) is 25.1 Å². The normalized spacial score (nSPS) is 39.4. The highest BCUT2D eigenvalue weighted by molar-refractivity contribution is 5.13. The molecule has 5 rings (SSSR count). The first-order valence-corrected chi connectivity index (χ1v) is 10.6. The molecule has 1 aliphatic carbocycles. The zero-order chi connectivity index (χ0) is 19.8. The van der Waals surface area contributed by atoms with Crippen LogP contribution in [-0.4, -0.2) is 31.4 Å². The van der Waals surface area contributed by atoms with E-state index in [0.29, 0.717) is 19.1 Å². The van der Waals surface area contributed by atoms with Crippen LogP contribution < -0.4 is 0 Å². The maximum atomic E-state index is 6.42. The van der Waals surface area contributed by atoms with Crippen molar-refractivity contribution in [3.05, 3.63) is 35.9 Å². The SMILES string of the molecule is CO[C@H]1O[C@]2(C)OO[C@]13[C@H](CCOCc1ccccc1)CCC[C@@H]3CC2(C)C. The molecule has 0 unspecified atom stereocenters. The van der Waals surface area contributed by atoms with Gasteiger partial charge in [-0.2, -0.15) is 4.89 Å². The van der Waals surface area contributed by atoms with Gasteiger partial charge in [0.05, 0.1) is 6.61 Å². The lowest BCUT2D eigenvalue weighted by atomic mass is 9.62. The van der Waals surface area contributed by atoms with E-state index in [1.54, 1.807) is 7.11 Å². The van der Waals surface area contributed by atoms with Gasteiger partial charge in [-0.15, -0.1) is 0 Å². The molecule has 0 aromatic heterocycles. The van der Waals surface area contributed by atoms with Gasteiger partial charge in [0.15, 0.2) is 11.9 Å². The topological polar surface area (TPSA) is 46.2 Å². The third-order valence-electron chi connectivity index (χ3n) is 7.35. The van der Waals surface area contributed by atoms with Crippen LogP contribution in [0.25, 0.3) is 0 Å². The molecule has 1 aromatic rings. The summed E-state index contributed by atoms with van der Waals surface area (Å²) in [5.41, 5.74) is 0.485. The predicted octanol–water partition coefficient (Wildman–Crippen LogP) is 4.85. The second-order valence-electron chi connectivity index (χ2n) is 9.39. The van der Waals surface area contributed by atoms with Crippen LogP contribution in [0, 0.1) is 17.3 Å². The number of benzene rings is 1. The molecule has 4 fully saturated rings. The third kappa shape index (κ3) is 3.31. The summed E-state index contributed by atoms with van der Waals surface area (Å²) in [5.74, 6) is -0.167. The first-order chi connectivity index (χ1) is 13.4. The molecular formula is C23H34O5. The molecule has 1 spiro atoms. The average molecular weight is 391 g/mol. The molecule has 5 atom stereocenters. The second kappa shape index (κ2) is 7.69. The maximum Gasteiger partial charge on any atom is 0.206 e. The molecule has 0 N–H and O–H groups in total. The number of ether oxygens (including phenoxy) is 3. The van der Waals surface area contributed by atoms with Gasteiger partial charge < -0.3 is 14.2 Å². The van der Waals surface area contributed by atoms with Crippen molar-refractivity contribution in [1.29, 1.82) is 0 Å². The van der Waals surface area contributed by atoms with Gasteiger partial charge in [0.1, 0.15) is 0 Å². The van der Waals surface area contributed by atoms with Crippen LogP contribution in [0.2, 0.25) is 0 Å². The van der Waals surface area contributed by atoms with E-state index in [9.17, 15) is 0 Å². The molecule has 156 valence electrons. The van der Waals surface area contributed by atoms with Crippen molar-refractivity contribution in [3.8, 4) is 0 Å². The average Bonchev–Trinajstić information content (AvgIpc) is 2.83. The van der Waals surface area contributed by atoms with Crippen LogP contribution in [-0.2, 0) is 30.6 Å². The number of hydrogen-bond donors (Lipinski definition) is 0. The highest BCUT2D eigenvalue weighted by Crippen LogP contribution is 2.60. The zero-order valence-corrected chi connectivity index (χ0v) is 17.6. The summed E-state index contributed by atoms with van der Waals surface area (Å²) in [5, 5.41) is 0. The maximum absolute atomic E-state index is 6.42. The lowest BCUT2D eigenvalue weighted by Gasteiger charge is -2.53. The molecule has 4 aliphatic rings. The molecule has 3 aliphatic heterocycles. The number of methoxy groups -OCH3 is 1. The molecule has 0 radical (unpaired) electrons. The Bertz CT molecular complexity index is 662. The van der Waals surface area contributed by atoms with Crippen LogP contribution in [0.1, 0.15) is 58.4 Å². The lowest BCUT2D eigenvalue weighted by Crippen LogP contribution is -2.64. The van der Waals surface area contributed by atoms with E-state index in [0.717, 1.165) is 25.7 Å². The lowest BCUT2D eigenvalue weighted by molar-refractivity contribution is -0.566. The summed E-state index contributed by atoms with van der Waals surface area (Å²) in [6.07, 6.45) is 4.89. The third-order valence-corrected chi connectivity index (χ3v) is 7.35. The summed E-state index contributed by atoms with van der Waals surface area (Å²) < 4.78 is 18.3. The van der Waals surface area contributed by atoms with Gasteiger partial charge in [0.2, 0.25) is 5.79 Å². The fourth-order valence-electron chi connectivity index (χ4n) is 5.35. The van der Waals surface area contributed by atoms with Crippen molar-refractivity contribution >= 4 is 0 Å². The Balaban J connectivity index is 1.49. The number of hydrogen-bond acceptors (Lipinski definition) is 5. The van der Waals surface area contributed by atoms with Crippen LogP contribution in [0.5, 0.6) is 0 Å². The Kier molecular flexibility index (Phi) is 5.58. The van der Waals surface area contributed by atoms with E-state index >= 15 is 0 Å². The Morgan fingerprint density at radius 2 is 1.86 bits per heavy atom. The van der Waals surface area contributed by atoms with Crippen molar-refractivity contribution < 1.29 is 24.0 Å². The van der Waals surface area contributed by atoms with E-state index in [2.05, 4.69) is 26.0 Å². The van der Waals surface area contributed by atoms with Crippen molar-refractivity contribution in [2.24, 2.45) is 17.3 Å². The first kappa shape index (κ1) is 20.3. The van der Waals surface area contributed by atoms with Gasteiger partial charge in [0.25, 0.3) is 0 Å². The Morgan fingerprint density at radius 3 is 2.61 bits per heavy atom. The Morgan fingerprint density at radius 1 is 1.07 bits per heavy atom. The van der Waals surface area contributed by atoms with Gasteiger partial charge in [0, 0.05) is 19.1 Å². The zero-order valence-electron chi connectivity index (χ0n) is 17.6. The van der Waals surface area contributed by atoms with Crippen LogP contribution in [0.4, 0.5) is 0 Å². The highest BCUT2D eigenvalue weighted by atomic mass is 17.3. The minimum Gasteiger partial charge on any atom is -0.377 e. The quantitative estimate of drug-likeness (QED) is 0.513. The molecule has 5 nitrogen and oxygen atoms in total. The minimum absolute atomic E-state index is 0.154. The second-order valence-corrected chi connectivity index (χ2v) is 9.39. The predicted molar refractivity (Wildman–Crippen MR) is 105 cm³/mol. The summed E-state index contributed by atoms with van der Waals surface area (Å²) in [4.78, 5) is 12.2. The van der Waals surface area contributed by atoms with Crippen LogP contribution in [0.15, 0.2) is 30.3 Å². The van der Waals surface area contributed by atoms with Gasteiger partial charge >= 0.3 is 0 Å². The molecule has 3 saturated heterocycles. The van der Waals surface area contributed by atoms with Gasteiger partial charge in [-0.1, -0.05) is 50.6 Å². The van der Waals surface area contributed by atoms with E-state index in [-0.39, 0.29) is 11.3 Å². The molecular weight excluding hydrogens is 356 g/mol. The minimum atomic E-state index is -0.801. The molecule has 0 amide bonds. The largest absolute Gasteiger partial charge is 0.377 e. The summed E-state index contributed by atoms with van der Waals surface area (Å²) in [7, 11) is 1.72. The molecule has 1 aromatic carbocycles. The Labute approximate surface area is 168 Å². The summed E-state index contributed by atoms with van der Waals surface area (Å²) in [6.45, 7) is 7.71. The molecule has 5 heteroatoms. The van der Waals surface area contributed by atoms with Gasteiger partial charge in [-0.05, 0) is 50.0 Å². The summed E-state index contributed by atoms with van der Waals surface area (Å²) in [6, 6.07) is 10.3. The smallest absolute Gasteiger partial charge is 0.206 e. The van der Waals surface area contributed by atoms with Gasteiger partial charge in [-0.3, -0.25) is 0 Å². The summed E-state index contributed by atoms with van der Waals surface area (Å²) >= 11 is 0. The molecule has 2 bridgehead atoms. The molecule has 3 heterocycles. The van der Waals surface area contributed by atoms with Crippen LogP contribution >= 0.6 is 0 Å². The monoisotopic (exact) mass is 390 g/mol.